The highest BCUT2D eigenvalue weighted by Crippen LogP contribution is 2.20. The fourth-order valence-corrected chi connectivity index (χ4v) is 2.89. The minimum atomic E-state index is -0.427. The standard InChI is InChI=1S/C16H24N2O3/c1-2-7-18-13(12-19)10-15(20)16(21)14(18)11-17-8-5-3-4-6-9-17/h2,10,19,21H,1,3-9,11-12H2. The summed E-state index contributed by atoms with van der Waals surface area (Å²) in [7, 11) is 0. The van der Waals surface area contributed by atoms with Crippen LogP contribution in [0.5, 0.6) is 5.75 Å². The quantitative estimate of drug-likeness (QED) is 0.809. The highest BCUT2D eigenvalue weighted by atomic mass is 16.3. The average Bonchev–Trinajstić information content (AvgIpc) is 2.75. The number of hydrogen-bond acceptors (Lipinski definition) is 4. The van der Waals surface area contributed by atoms with E-state index in [4.69, 9.17) is 0 Å². The molecule has 1 aliphatic rings. The van der Waals surface area contributed by atoms with Crippen LogP contribution in [0.4, 0.5) is 0 Å². The fourth-order valence-electron chi connectivity index (χ4n) is 2.89. The molecule has 0 atom stereocenters. The molecule has 2 rings (SSSR count). The molecule has 5 nitrogen and oxygen atoms in total. The Hall–Kier alpha value is -1.59. The van der Waals surface area contributed by atoms with Crippen molar-refractivity contribution >= 4 is 0 Å². The van der Waals surface area contributed by atoms with Crippen LogP contribution in [0.25, 0.3) is 0 Å². The van der Waals surface area contributed by atoms with E-state index in [0.29, 0.717) is 24.5 Å². The number of hydrogen-bond donors (Lipinski definition) is 2. The number of aromatic hydroxyl groups is 1. The summed E-state index contributed by atoms with van der Waals surface area (Å²) in [5.74, 6) is -0.210. The lowest BCUT2D eigenvalue weighted by Crippen LogP contribution is -2.28. The first-order chi connectivity index (χ1) is 10.2. The van der Waals surface area contributed by atoms with Crippen molar-refractivity contribution in [3.05, 3.63) is 40.3 Å². The van der Waals surface area contributed by atoms with Crippen molar-refractivity contribution in [2.24, 2.45) is 0 Å². The highest BCUT2D eigenvalue weighted by molar-refractivity contribution is 5.30. The number of aliphatic hydroxyl groups is 1. The molecule has 1 aromatic heterocycles. The Bertz CT molecular complexity index is 543. The molecule has 0 amide bonds. The zero-order valence-corrected chi connectivity index (χ0v) is 12.4. The highest BCUT2D eigenvalue weighted by Gasteiger charge is 2.18. The van der Waals surface area contributed by atoms with Gasteiger partial charge in [-0.2, -0.15) is 0 Å². The third kappa shape index (κ3) is 3.74. The maximum atomic E-state index is 11.9. The van der Waals surface area contributed by atoms with Crippen molar-refractivity contribution in [3.8, 4) is 5.75 Å². The van der Waals surface area contributed by atoms with E-state index in [0.717, 1.165) is 25.9 Å². The number of aromatic nitrogens is 1. The molecular formula is C16H24N2O3. The third-order valence-electron chi connectivity index (χ3n) is 4.02. The van der Waals surface area contributed by atoms with Crippen molar-refractivity contribution < 1.29 is 10.2 Å². The van der Waals surface area contributed by atoms with Gasteiger partial charge in [-0.1, -0.05) is 18.9 Å². The number of allylic oxidation sites excluding steroid dienone is 1. The molecule has 1 aromatic rings. The van der Waals surface area contributed by atoms with Gasteiger partial charge in [0.1, 0.15) is 0 Å². The van der Waals surface area contributed by atoms with Gasteiger partial charge in [0.05, 0.1) is 12.3 Å². The van der Waals surface area contributed by atoms with Gasteiger partial charge in [0.2, 0.25) is 5.43 Å². The predicted molar refractivity (Wildman–Crippen MR) is 82.2 cm³/mol. The Kier molecular flexibility index (Phi) is 5.59. The van der Waals surface area contributed by atoms with Gasteiger partial charge in [-0.05, 0) is 25.9 Å². The first-order valence-electron chi connectivity index (χ1n) is 7.56. The Labute approximate surface area is 125 Å². The molecule has 5 heteroatoms. The lowest BCUT2D eigenvalue weighted by atomic mass is 10.2. The maximum absolute atomic E-state index is 11.9. The molecule has 0 radical (unpaired) electrons. The van der Waals surface area contributed by atoms with Crippen molar-refractivity contribution in [3.63, 3.8) is 0 Å². The number of aliphatic hydroxyl groups excluding tert-OH is 1. The molecular weight excluding hydrogens is 268 g/mol. The van der Waals surface area contributed by atoms with Gasteiger partial charge in [-0.25, -0.2) is 0 Å². The number of rotatable bonds is 5. The first-order valence-corrected chi connectivity index (χ1v) is 7.56. The number of pyridine rings is 1. The lowest BCUT2D eigenvalue weighted by molar-refractivity contribution is 0.251. The van der Waals surface area contributed by atoms with E-state index in [2.05, 4.69) is 11.5 Å². The Morgan fingerprint density at radius 1 is 1.24 bits per heavy atom. The van der Waals surface area contributed by atoms with Crippen molar-refractivity contribution in [1.29, 1.82) is 0 Å². The van der Waals surface area contributed by atoms with Crippen LogP contribution < -0.4 is 5.43 Å². The van der Waals surface area contributed by atoms with E-state index in [1.54, 1.807) is 10.6 Å². The van der Waals surface area contributed by atoms with Gasteiger partial charge in [0, 0.05) is 24.8 Å². The molecule has 0 aliphatic carbocycles. The molecule has 0 aromatic carbocycles. The second-order valence-electron chi connectivity index (χ2n) is 5.54. The fraction of sp³-hybridized carbons (Fsp3) is 0.562. The van der Waals surface area contributed by atoms with Gasteiger partial charge in [-0.3, -0.25) is 9.69 Å². The normalized spacial score (nSPS) is 16.6. The number of likely N-dealkylation sites (tertiary alicyclic amines) is 1. The van der Waals surface area contributed by atoms with Crippen LogP contribution in [0.1, 0.15) is 37.1 Å². The number of nitrogens with zero attached hydrogens (tertiary/aromatic N) is 2. The van der Waals surface area contributed by atoms with Crippen molar-refractivity contribution in [2.75, 3.05) is 13.1 Å². The van der Waals surface area contributed by atoms with E-state index in [1.807, 2.05) is 0 Å². The Morgan fingerprint density at radius 3 is 2.48 bits per heavy atom. The second kappa shape index (κ2) is 7.43. The minimum Gasteiger partial charge on any atom is -0.503 e. The predicted octanol–water partition coefficient (Wildman–Crippen LogP) is 1.61. The summed E-state index contributed by atoms with van der Waals surface area (Å²) in [4.78, 5) is 14.1. The van der Waals surface area contributed by atoms with Crippen LogP contribution in [0.3, 0.4) is 0 Å². The van der Waals surface area contributed by atoms with E-state index in [1.165, 1.54) is 18.9 Å². The summed E-state index contributed by atoms with van der Waals surface area (Å²) in [6.07, 6.45) is 6.46. The summed E-state index contributed by atoms with van der Waals surface area (Å²) in [6.45, 7) is 6.43. The summed E-state index contributed by atoms with van der Waals surface area (Å²) in [5.41, 5.74) is 0.667. The van der Waals surface area contributed by atoms with Crippen LogP contribution in [0, 0.1) is 0 Å². The summed E-state index contributed by atoms with van der Waals surface area (Å²) >= 11 is 0. The SMILES string of the molecule is C=CCn1c(CO)cc(=O)c(O)c1CN1CCCCCC1. The molecule has 0 saturated carbocycles. The van der Waals surface area contributed by atoms with E-state index >= 15 is 0 Å². The van der Waals surface area contributed by atoms with Crippen LogP contribution >= 0.6 is 0 Å². The van der Waals surface area contributed by atoms with Gasteiger partial charge >= 0.3 is 0 Å². The molecule has 2 N–H and O–H groups in total. The van der Waals surface area contributed by atoms with E-state index in [-0.39, 0.29) is 12.4 Å². The van der Waals surface area contributed by atoms with Crippen LogP contribution in [-0.4, -0.2) is 32.8 Å². The molecule has 21 heavy (non-hydrogen) atoms. The monoisotopic (exact) mass is 292 g/mol. The molecule has 1 aliphatic heterocycles. The lowest BCUT2D eigenvalue weighted by Gasteiger charge is -2.24. The van der Waals surface area contributed by atoms with Gasteiger partial charge in [0.15, 0.2) is 5.75 Å². The zero-order valence-electron chi connectivity index (χ0n) is 12.4. The summed E-state index contributed by atoms with van der Waals surface area (Å²) < 4.78 is 1.79. The van der Waals surface area contributed by atoms with E-state index < -0.39 is 5.43 Å². The molecule has 1 fully saturated rings. The largest absolute Gasteiger partial charge is 0.503 e. The second-order valence-corrected chi connectivity index (χ2v) is 5.54. The smallest absolute Gasteiger partial charge is 0.223 e. The molecule has 0 bridgehead atoms. The summed E-state index contributed by atoms with van der Waals surface area (Å²) in [5, 5.41) is 19.6. The molecule has 1 saturated heterocycles. The maximum Gasteiger partial charge on any atom is 0.223 e. The molecule has 116 valence electrons. The van der Waals surface area contributed by atoms with Gasteiger partial charge < -0.3 is 14.8 Å². The van der Waals surface area contributed by atoms with Crippen molar-refractivity contribution in [1.82, 2.24) is 9.47 Å². The van der Waals surface area contributed by atoms with E-state index in [9.17, 15) is 15.0 Å². The van der Waals surface area contributed by atoms with Crippen molar-refractivity contribution in [2.45, 2.75) is 45.4 Å². The topological polar surface area (TPSA) is 65.7 Å². The van der Waals surface area contributed by atoms with Crippen LogP contribution in [-0.2, 0) is 19.7 Å². The van der Waals surface area contributed by atoms with Crippen LogP contribution in [0.15, 0.2) is 23.5 Å². The molecule has 0 spiro atoms. The minimum absolute atomic E-state index is 0.210. The Balaban J connectivity index is 2.36. The van der Waals surface area contributed by atoms with Gasteiger partial charge in [-0.15, -0.1) is 6.58 Å². The molecule has 0 unspecified atom stereocenters. The third-order valence-corrected chi connectivity index (χ3v) is 4.02. The van der Waals surface area contributed by atoms with Crippen LogP contribution in [0.2, 0.25) is 0 Å². The average molecular weight is 292 g/mol. The first kappa shape index (κ1) is 15.8. The molecule has 2 heterocycles. The summed E-state index contributed by atoms with van der Waals surface area (Å²) in [6, 6.07) is 1.30. The van der Waals surface area contributed by atoms with Gasteiger partial charge in [0.25, 0.3) is 0 Å². The Morgan fingerprint density at radius 2 is 1.90 bits per heavy atom. The zero-order chi connectivity index (χ0) is 15.2.